The molecule has 0 radical (unpaired) electrons. The second-order valence-corrected chi connectivity index (χ2v) is 9.35. The van der Waals surface area contributed by atoms with E-state index in [-0.39, 0.29) is 17.7 Å². The number of amides is 1. The number of aromatic hydroxyl groups is 1. The summed E-state index contributed by atoms with van der Waals surface area (Å²) in [6, 6.07) is 8.46. The van der Waals surface area contributed by atoms with Crippen LogP contribution < -0.4 is 5.32 Å². The Kier molecular flexibility index (Phi) is 5.56. The summed E-state index contributed by atoms with van der Waals surface area (Å²) in [7, 11) is 0. The Hall–Kier alpha value is -3.98. The van der Waals surface area contributed by atoms with Gasteiger partial charge in [-0.1, -0.05) is 25.1 Å². The van der Waals surface area contributed by atoms with Crippen molar-refractivity contribution in [2.24, 2.45) is 0 Å². The first-order valence-electron chi connectivity index (χ1n) is 12.3. The van der Waals surface area contributed by atoms with Gasteiger partial charge in [-0.15, -0.1) is 0 Å². The molecule has 0 spiro atoms. The predicted octanol–water partition coefficient (Wildman–Crippen LogP) is 4.00. The minimum Gasteiger partial charge on any atom is -0.508 e. The summed E-state index contributed by atoms with van der Waals surface area (Å²) in [6.07, 6.45) is 6.42. The normalized spacial score (nSPS) is 17.8. The highest BCUT2D eigenvalue weighted by molar-refractivity contribution is 5.95. The van der Waals surface area contributed by atoms with Gasteiger partial charge in [0, 0.05) is 30.2 Å². The average Bonchev–Trinajstić information content (AvgIpc) is 3.69. The first kappa shape index (κ1) is 22.5. The van der Waals surface area contributed by atoms with E-state index >= 15 is 4.39 Å². The Morgan fingerprint density at radius 3 is 2.92 bits per heavy atom. The molecule has 0 unspecified atom stereocenters. The fourth-order valence-electron chi connectivity index (χ4n) is 5.21. The van der Waals surface area contributed by atoms with Gasteiger partial charge >= 0.3 is 0 Å². The first-order chi connectivity index (χ1) is 17.5. The number of nitrogens with one attached hydrogen (secondary N) is 3. The number of imidazole rings is 1. The van der Waals surface area contributed by atoms with E-state index in [4.69, 9.17) is 4.98 Å². The van der Waals surface area contributed by atoms with Gasteiger partial charge in [-0.3, -0.25) is 9.89 Å². The molecule has 2 aliphatic rings. The Morgan fingerprint density at radius 2 is 2.11 bits per heavy atom. The summed E-state index contributed by atoms with van der Waals surface area (Å²) in [5.74, 6) is 0.436. The number of aryl methyl sites for hydroxylation is 1. The Labute approximate surface area is 207 Å². The number of hydrogen-bond acceptors (Lipinski definition) is 5. The summed E-state index contributed by atoms with van der Waals surface area (Å²) in [6.45, 7) is 3.96. The van der Waals surface area contributed by atoms with E-state index in [0.717, 1.165) is 41.8 Å². The van der Waals surface area contributed by atoms with Crippen molar-refractivity contribution >= 4 is 22.4 Å². The van der Waals surface area contributed by atoms with Gasteiger partial charge in [0.15, 0.2) is 11.6 Å². The molecule has 4 heterocycles. The molecule has 0 bridgehead atoms. The van der Waals surface area contributed by atoms with Crippen molar-refractivity contribution in [3.63, 3.8) is 0 Å². The molecular weight excluding hydrogens is 459 g/mol. The maximum Gasteiger partial charge on any atom is 0.240 e. The number of phenols is 1. The molecule has 9 heteroatoms. The van der Waals surface area contributed by atoms with Crippen LogP contribution in [0.3, 0.4) is 0 Å². The molecule has 1 fully saturated rings. The van der Waals surface area contributed by atoms with Gasteiger partial charge in [0.1, 0.15) is 17.0 Å². The number of fused-ring (bicyclic) bond motifs is 1. The molecule has 4 aromatic rings. The Morgan fingerprint density at radius 1 is 1.25 bits per heavy atom. The van der Waals surface area contributed by atoms with Gasteiger partial charge < -0.3 is 20.3 Å². The van der Waals surface area contributed by atoms with Gasteiger partial charge in [-0.2, -0.15) is 5.10 Å². The number of phenolic OH excluding ortho intramolecular Hbond substituents is 1. The molecule has 184 valence electrons. The fraction of sp³-hybridized carbons (Fsp3) is 0.296. The van der Waals surface area contributed by atoms with Crippen LogP contribution in [0.4, 0.5) is 4.39 Å². The smallest absolute Gasteiger partial charge is 0.240 e. The highest BCUT2D eigenvalue weighted by atomic mass is 19.1. The largest absolute Gasteiger partial charge is 0.508 e. The molecule has 8 nitrogen and oxygen atoms in total. The summed E-state index contributed by atoms with van der Waals surface area (Å²) in [4.78, 5) is 22.4. The fourth-order valence-corrected chi connectivity index (χ4v) is 5.21. The Balaban J connectivity index is 1.27. The standard InChI is InChI=1S/C27H27FN6O2/c1-2-15-12-17(35)5-6-18(15)19-7-8-20-24(23(19)28)32-33-25(20)26-30-13-22(31-26)16-9-11-34(14-16)27(36)21-4-3-10-29-21/h5-9,12-13,21,29,35H,2-4,10-11,14H2,1H3,(H,30,31)(H,32,33)/t21-/m0/s1. The van der Waals surface area contributed by atoms with Crippen LogP contribution in [0.2, 0.25) is 0 Å². The van der Waals surface area contributed by atoms with Crippen LogP contribution >= 0.6 is 0 Å². The lowest BCUT2D eigenvalue weighted by Crippen LogP contribution is -2.42. The van der Waals surface area contributed by atoms with Crippen LogP contribution in [-0.2, 0) is 11.2 Å². The summed E-state index contributed by atoms with van der Waals surface area (Å²) in [5, 5.41) is 20.9. The van der Waals surface area contributed by atoms with Crippen molar-refractivity contribution in [2.45, 2.75) is 32.2 Å². The molecule has 0 saturated carbocycles. The molecule has 2 aliphatic heterocycles. The summed E-state index contributed by atoms with van der Waals surface area (Å²) in [5.41, 5.74) is 4.63. The quantitative estimate of drug-likeness (QED) is 0.341. The third-order valence-corrected chi connectivity index (χ3v) is 7.16. The minimum atomic E-state index is -0.397. The minimum absolute atomic E-state index is 0.0855. The zero-order valence-corrected chi connectivity index (χ0v) is 19.9. The van der Waals surface area contributed by atoms with Crippen molar-refractivity contribution in [1.29, 1.82) is 0 Å². The van der Waals surface area contributed by atoms with Crippen LogP contribution in [-0.4, -0.2) is 61.8 Å². The zero-order valence-electron chi connectivity index (χ0n) is 19.9. The molecule has 36 heavy (non-hydrogen) atoms. The number of H-pyrrole nitrogens is 2. The number of carbonyl (C=O) groups is 1. The van der Waals surface area contributed by atoms with Gasteiger partial charge in [0.2, 0.25) is 5.91 Å². The number of hydrogen-bond donors (Lipinski definition) is 4. The predicted molar refractivity (Wildman–Crippen MR) is 136 cm³/mol. The number of aromatic nitrogens is 4. The van der Waals surface area contributed by atoms with Crippen molar-refractivity contribution in [3.05, 3.63) is 59.7 Å². The molecule has 1 saturated heterocycles. The number of rotatable bonds is 5. The third kappa shape index (κ3) is 3.76. The number of nitrogens with zero attached hydrogens (tertiary/aromatic N) is 3. The van der Waals surface area contributed by atoms with Crippen molar-refractivity contribution < 1.29 is 14.3 Å². The topological polar surface area (TPSA) is 110 Å². The van der Waals surface area contributed by atoms with Crippen LogP contribution in [0, 0.1) is 5.82 Å². The Bertz CT molecular complexity index is 1500. The lowest BCUT2D eigenvalue weighted by Gasteiger charge is -2.20. The number of carbonyl (C=O) groups excluding carboxylic acids is 1. The number of halogens is 1. The van der Waals surface area contributed by atoms with Crippen LogP contribution in [0.25, 0.3) is 39.1 Å². The lowest BCUT2D eigenvalue weighted by atomic mass is 9.96. The van der Waals surface area contributed by atoms with Crippen LogP contribution in [0.5, 0.6) is 5.75 Å². The van der Waals surface area contributed by atoms with Crippen molar-refractivity contribution in [3.8, 4) is 28.4 Å². The molecule has 6 rings (SSSR count). The van der Waals surface area contributed by atoms with E-state index in [1.54, 1.807) is 30.5 Å². The summed E-state index contributed by atoms with van der Waals surface area (Å²) >= 11 is 0. The van der Waals surface area contributed by atoms with Crippen molar-refractivity contribution in [2.75, 3.05) is 19.6 Å². The third-order valence-electron chi connectivity index (χ3n) is 7.16. The molecule has 1 amide bonds. The second-order valence-electron chi connectivity index (χ2n) is 9.35. The maximum absolute atomic E-state index is 15.6. The van der Waals surface area contributed by atoms with Gasteiger partial charge in [-0.25, -0.2) is 9.37 Å². The van der Waals surface area contributed by atoms with E-state index < -0.39 is 5.82 Å². The highest BCUT2D eigenvalue weighted by Crippen LogP contribution is 2.35. The molecule has 1 atom stereocenters. The van der Waals surface area contributed by atoms with E-state index in [1.807, 2.05) is 24.0 Å². The average molecular weight is 487 g/mol. The maximum atomic E-state index is 15.6. The monoisotopic (exact) mass is 486 g/mol. The molecular formula is C27H27FN6O2. The second kappa shape index (κ2) is 8.91. The van der Waals surface area contributed by atoms with Gasteiger partial charge in [0.05, 0.1) is 11.7 Å². The van der Waals surface area contributed by atoms with Crippen LogP contribution in [0.15, 0.2) is 42.6 Å². The molecule has 2 aromatic heterocycles. The SMILES string of the molecule is CCc1cc(O)ccc1-c1ccc2c(-c3nc(C4=CCN(C(=O)[C@@H]5CCCN5)C4)c[nH]3)n[nH]c2c1F. The molecule has 0 aliphatic carbocycles. The lowest BCUT2D eigenvalue weighted by molar-refractivity contribution is -0.131. The highest BCUT2D eigenvalue weighted by Gasteiger charge is 2.30. The van der Waals surface area contributed by atoms with E-state index in [0.29, 0.717) is 47.5 Å². The van der Waals surface area contributed by atoms with E-state index in [2.05, 4.69) is 20.5 Å². The summed E-state index contributed by atoms with van der Waals surface area (Å²) < 4.78 is 15.6. The number of benzene rings is 2. The van der Waals surface area contributed by atoms with E-state index in [1.165, 1.54) is 0 Å². The van der Waals surface area contributed by atoms with Crippen molar-refractivity contribution in [1.82, 2.24) is 30.4 Å². The van der Waals surface area contributed by atoms with Crippen LogP contribution in [0.1, 0.15) is 31.0 Å². The molecule has 4 N–H and O–H groups in total. The number of aromatic amines is 2. The first-order valence-corrected chi connectivity index (χ1v) is 12.3. The van der Waals surface area contributed by atoms with Gasteiger partial charge in [0.25, 0.3) is 0 Å². The van der Waals surface area contributed by atoms with Gasteiger partial charge in [-0.05, 0) is 60.7 Å². The zero-order chi connectivity index (χ0) is 24.8. The molecule has 2 aromatic carbocycles. The van der Waals surface area contributed by atoms with E-state index in [9.17, 15) is 9.90 Å².